The van der Waals surface area contributed by atoms with E-state index in [2.05, 4.69) is 140 Å². The molecule has 0 aliphatic heterocycles. The number of hydrogen-bond acceptors (Lipinski definition) is 3. The van der Waals surface area contributed by atoms with Gasteiger partial charge in [-0.1, -0.05) is 133 Å². The van der Waals surface area contributed by atoms with Crippen molar-refractivity contribution >= 4 is 32.7 Å². The number of furan rings is 1. The number of fused-ring (bicyclic) bond motifs is 4. The molecule has 47 heavy (non-hydrogen) atoms. The van der Waals surface area contributed by atoms with Crippen molar-refractivity contribution < 1.29 is 4.42 Å². The van der Waals surface area contributed by atoms with Gasteiger partial charge in [0.15, 0.2) is 5.82 Å². The second-order valence-corrected chi connectivity index (χ2v) is 11.8. The summed E-state index contributed by atoms with van der Waals surface area (Å²) in [6.07, 6.45) is 0. The molecule has 0 aliphatic rings. The quantitative estimate of drug-likeness (QED) is 0.197. The summed E-state index contributed by atoms with van der Waals surface area (Å²) in [5.74, 6) is 0.692. The second kappa shape index (κ2) is 11.2. The molecule has 9 aromatic rings. The number of rotatable bonds is 5. The molecule has 9 rings (SSSR count). The van der Waals surface area contributed by atoms with Gasteiger partial charge in [-0.15, -0.1) is 0 Å². The molecule has 0 atom stereocenters. The molecular weight excluding hydrogens is 572 g/mol. The van der Waals surface area contributed by atoms with Crippen molar-refractivity contribution in [3.05, 3.63) is 170 Å². The van der Waals surface area contributed by atoms with Crippen LogP contribution < -0.4 is 0 Å². The molecule has 0 amide bonds. The van der Waals surface area contributed by atoms with Crippen LogP contribution in [0.4, 0.5) is 0 Å². The first-order valence-corrected chi connectivity index (χ1v) is 15.8. The molecular formula is C44H28N2O. The summed E-state index contributed by atoms with van der Waals surface area (Å²) in [4.78, 5) is 10.3. The van der Waals surface area contributed by atoms with Crippen molar-refractivity contribution in [1.29, 1.82) is 0 Å². The molecule has 0 bridgehead atoms. The Morgan fingerprint density at radius 1 is 0.362 bits per heavy atom. The molecule has 0 unspecified atom stereocenters. The Bertz CT molecular complexity index is 2570. The van der Waals surface area contributed by atoms with Crippen LogP contribution in [0, 0.1) is 0 Å². The van der Waals surface area contributed by atoms with Gasteiger partial charge in [-0.2, -0.15) is 0 Å². The summed E-state index contributed by atoms with van der Waals surface area (Å²) < 4.78 is 6.49. The van der Waals surface area contributed by atoms with Crippen LogP contribution in [0.3, 0.4) is 0 Å². The van der Waals surface area contributed by atoms with E-state index in [1.807, 2.05) is 30.3 Å². The van der Waals surface area contributed by atoms with Gasteiger partial charge in [0.2, 0.25) is 0 Å². The van der Waals surface area contributed by atoms with E-state index in [-0.39, 0.29) is 0 Å². The largest absolute Gasteiger partial charge is 0.455 e. The minimum absolute atomic E-state index is 0.692. The molecule has 3 nitrogen and oxygen atoms in total. The molecule has 0 aliphatic carbocycles. The first kappa shape index (κ1) is 27.0. The number of nitrogens with zero attached hydrogens (tertiary/aromatic N) is 2. The molecule has 0 saturated heterocycles. The van der Waals surface area contributed by atoms with E-state index in [0.29, 0.717) is 5.82 Å². The molecule has 0 radical (unpaired) electrons. The average molecular weight is 601 g/mol. The van der Waals surface area contributed by atoms with Gasteiger partial charge < -0.3 is 4.42 Å². The molecule has 220 valence electrons. The lowest BCUT2D eigenvalue weighted by molar-refractivity contribution is 0.670. The standard InChI is InChI=1S/C44H28N2O/c1-3-12-29(13-4-1)34-25-35(37-19-11-20-39-38-18-9-10-21-42(38)47-43(37)39)27-36(26-34)41-28-40(45-44(46-41)31-15-5-2-6-16-31)33-23-22-30-14-7-8-17-32(30)24-33/h1-28H. The molecule has 3 heteroatoms. The molecule has 2 heterocycles. The minimum atomic E-state index is 0.692. The normalized spacial score (nSPS) is 11.4. The number of para-hydroxylation sites is 2. The third-order valence-corrected chi connectivity index (χ3v) is 8.85. The van der Waals surface area contributed by atoms with Gasteiger partial charge in [-0.3, -0.25) is 0 Å². The van der Waals surface area contributed by atoms with E-state index in [0.717, 1.165) is 72.3 Å². The van der Waals surface area contributed by atoms with Gasteiger partial charge in [0.1, 0.15) is 11.2 Å². The third kappa shape index (κ3) is 4.95. The van der Waals surface area contributed by atoms with Crippen LogP contribution in [0.1, 0.15) is 0 Å². The van der Waals surface area contributed by atoms with Crippen molar-refractivity contribution in [2.45, 2.75) is 0 Å². The van der Waals surface area contributed by atoms with E-state index in [1.54, 1.807) is 0 Å². The SMILES string of the molecule is c1ccc(-c2cc(-c3cc(-c4ccc5ccccc5c4)nc(-c4ccccc4)n3)cc(-c3cccc4c3oc3ccccc34)c2)cc1. The van der Waals surface area contributed by atoms with Gasteiger partial charge in [-0.05, 0) is 63.9 Å². The predicted molar refractivity (Wildman–Crippen MR) is 194 cm³/mol. The number of benzene rings is 7. The number of hydrogen-bond donors (Lipinski definition) is 0. The molecule has 2 aromatic heterocycles. The maximum absolute atomic E-state index is 6.49. The average Bonchev–Trinajstić information content (AvgIpc) is 3.54. The van der Waals surface area contributed by atoms with Crippen molar-refractivity contribution in [2.24, 2.45) is 0 Å². The van der Waals surface area contributed by atoms with Gasteiger partial charge in [0.25, 0.3) is 0 Å². The summed E-state index contributed by atoms with van der Waals surface area (Å²) in [6.45, 7) is 0. The van der Waals surface area contributed by atoms with Gasteiger partial charge in [0.05, 0.1) is 11.4 Å². The molecule has 0 spiro atoms. The summed E-state index contributed by atoms with van der Waals surface area (Å²) in [5.41, 5.74) is 10.9. The van der Waals surface area contributed by atoms with Crippen LogP contribution in [0.5, 0.6) is 0 Å². The van der Waals surface area contributed by atoms with Crippen molar-refractivity contribution in [1.82, 2.24) is 9.97 Å². The highest BCUT2D eigenvalue weighted by Crippen LogP contribution is 2.39. The van der Waals surface area contributed by atoms with Crippen LogP contribution in [0.15, 0.2) is 174 Å². The van der Waals surface area contributed by atoms with E-state index < -0.39 is 0 Å². The smallest absolute Gasteiger partial charge is 0.160 e. The lowest BCUT2D eigenvalue weighted by Crippen LogP contribution is -1.96. The summed E-state index contributed by atoms with van der Waals surface area (Å²) in [7, 11) is 0. The Morgan fingerprint density at radius 3 is 1.83 bits per heavy atom. The Balaban J connectivity index is 1.29. The van der Waals surface area contributed by atoms with E-state index in [4.69, 9.17) is 14.4 Å². The van der Waals surface area contributed by atoms with Crippen LogP contribution in [0.25, 0.3) is 88.9 Å². The fourth-order valence-corrected chi connectivity index (χ4v) is 6.51. The maximum atomic E-state index is 6.49. The van der Waals surface area contributed by atoms with Crippen LogP contribution in [0.2, 0.25) is 0 Å². The van der Waals surface area contributed by atoms with Gasteiger partial charge >= 0.3 is 0 Å². The summed E-state index contributed by atoms with van der Waals surface area (Å²) in [5, 5.41) is 4.61. The lowest BCUT2D eigenvalue weighted by Gasteiger charge is -2.13. The molecule has 7 aromatic carbocycles. The Morgan fingerprint density at radius 2 is 1.00 bits per heavy atom. The van der Waals surface area contributed by atoms with E-state index >= 15 is 0 Å². The highest BCUT2D eigenvalue weighted by Gasteiger charge is 2.17. The van der Waals surface area contributed by atoms with Gasteiger partial charge in [-0.25, -0.2) is 9.97 Å². The molecule has 0 N–H and O–H groups in total. The van der Waals surface area contributed by atoms with Gasteiger partial charge in [0, 0.05) is 33.0 Å². The fourth-order valence-electron chi connectivity index (χ4n) is 6.51. The Hall–Kier alpha value is -6.32. The lowest BCUT2D eigenvalue weighted by atomic mass is 9.93. The highest BCUT2D eigenvalue weighted by atomic mass is 16.3. The molecule has 0 saturated carbocycles. The fraction of sp³-hybridized carbons (Fsp3) is 0. The second-order valence-electron chi connectivity index (χ2n) is 11.8. The Kier molecular flexibility index (Phi) is 6.46. The number of aromatic nitrogens is 2. The topological polar surface area (TPSA) is 38.9 Å². The van der Waals surface area contributed by atoms with Crippen LogP contribution >= 0.6 is 0 Å². The highest BCUT2D eigenvalue weighted by molar-refractivity contribution is 6.09. The van der Waals surface area contributed by atoms with E-state index in [9.17, 15) is 0 Å². The predicted octanol–water partition coefficient (Wildman–Crippen LogP) is 11.9. The third-order valence-electron chi connectivity index (χ3n) is 8.85. The maximum Gasteiger partial charge on any atom is 0.160 e. The van der Waals surface area contributed by atoms with Crippen molar-refractivity contribution in [3.63, 3.8) is 0 Å². The monoisotopic (exact) mass is 600 g/mol. The zero-order valence-corrected chi connectivity index (χ0v) is 25.5. The summed E-state index contributed by atoms with van der Waals surface area (Å²) >= 11 is 0. The van der Waals surface area contributed by atoms with Crippen molar-refractivity contribution in [2.75, 3.05) is 0 Å². The van der Waals surface area contributed by atoms with E-state index in [1.165, 1.54) is 10.8 Å². The van der Waals surface area contributed by atoms with Crippen LogP contribution in [-0.2, 0) is 0 Å². The first-order valence-electron chi connectivity index (χ1n) is 15.8. The van der Waals surface area contributed by atoms with Crippen molar-refractivity contribution in [3.8, 4) is 56.2 Å². The minimum Gasteiger partial charge on any atom is -0.455 e. The Labute approximate surface area is 272 Å². The zero-order chi connectivity index (χ0) is 31.2. The summed E-state index contributed by atoms with van der Waals surface area (Å²) in [6, 6.07) is 59.2. The zero-order valence-electron chi connectivity index (χ0n) is 25.5. The first-order chi connectivity index (χ1) is 23.3. The van der Waals surface area contributed by atoms with Crippen LogP contribution in [-0.4, -0.2) is 9.97 Å². The molecule has 0 fully saturated rings.